The van der Waals surface area contributed by atoms with E-state index in [1.54, 1.807) is 0 Å². The summed E-state index contributed by atoms with van der Waals surface area (Å²) in [7, 11) is 0. The van der Waals surface area contributed by atoms with E-state index in [-0.39, 0.29) is 6.09 Å². The number of carbonyl (C=O) groups excluding carboxylic acids is 1. The molecule has 3 atom stereocenters. The van der Waals surface area contributed by atoms with Gasteiger partial charge in [-0.15, -0.1) is 0 Å². The monoisotopic (exact) mass is 325 g/mol. The number of nitrogens with two attached hydrogens (primary N) is 1. The Labute approximate surface area is 141 Å². The number of ether oxygens (including phenoxy) is 1. The predicted molar refractivity (Wildman–Crippen MR) is 93.3 cm³/mol. The summed E-state index contributed by atoms with van der Waals surface area (Å²) in [5.74, 6) is 1.24. The third-order valence-electron chi connectivity index (χ3n) is 5.22. The number of carbonyl (C=O) groups is 1. The lowest BCUT2D eigenvalue weighted by molar-refractivity contribution is 0.0516. The van der Waals surface area contributed by atoms with Crippen LogP contribution in [-0.2, 0) is 4.74 Å². The smallest absolute Gasteiger partial charge is 0.407 e. The second-order valence-electron chi connectivity index (χ2n) is 8.23. The quantitative estimate of drug-likeness (QED) is 0.702. The van der Waals surface area contributed by atoms with Crippen LogP contribution in [0.25, 0.3) is 0 Å². The highest BCUT2D eigenvalue weighted by molar-refractivity contribution is 5.67. The molecule has 0 aromatic heterocycles. The van der Waals surface area contributed by atoms with E-state index in [2.05, 4.69) is 10.6 Å². The SMILES string of the molecule is CC(C)(C)OC(=O)NCC(NC1CCCC1CN)C1CCCC1. The van der Waals surface area contributed by atoms with Gasteiger partial charge in [-0.2, -0.15) is 0 Å². The molecule has 1 amide bonds. The molecule has 0 aromatic carbocycles. The molecule has 0 aromatic rings. The summed E-state index contributed by atoms with van der Waals surface area (Å²) in [5, 5.41) is 6.79. The first-order chi connectivity index (χ1) is 10.9. The standard InChI is InChI=1S/C18H35N3O2/c1-18(2,3)23-17(22)20-12-16(13-7-4-5-8-13)21-15-10-6-9-14(15)11-19/h13-16,21H,4-12,19H2,1-3H3,(H,20,22). The van der Waals surface area contributed by atoms with E-state index in [9.17, 15) is 4.79 Å². The van der Waals surface area contributed by atoms with Gasteiger partial charge in [0.05, 0.1) is 0 Å². The minimum absolute atomic E-state index is 0.316. The van der Waals surface area contributed by atoms with E-state index in [0.29, 0.717) is 30.5 Å². The lowest BCUT2D eigenvalue weighted by atomic mass is 9.95. The van der Waals surface area contributed by atoms with E-state index >= 15 is 0 Å². The van der Waals surface area contributed by atoms with Crippen molar-refractivity contribution in [1.29, 1.82) is 0 Å². The Kier molecular flexibility index (Phi) is 6.72. The largest absolute Gasteiger partial charge is 0.444 e. The van der Waals surface area contributed by atoms with Crippen molar-refractivity contribution in [3.05, 3.63) is 0 Å². The van der Waals surface area contributed by atoms with Gasteiger partial charge >= 0.3 is 6.09 Å². The van der Waals surface area contributed by atoms with E-state index in [4.69, 9.17) is 10.5 Å². The van der Waals surface area contributed by atoms with Gasteiger partial charge in [0, 0.05) is 18.6 Å². The van der Waals surface area contributed by atoms with Crippen molar-refractivity contribution in [2.75, 3.05) is 13.1 Å². The Balaban J connectivity index is 1.88. The van der Waals surface area contributed by atoms with Gasteiger partial charge in [0.25, 0.3) is 0 Å². The molecule has 134 valence electrons. The highest BCUT2D eigenvalue weighted by Crippen LogP contribution is 2.30. The Bertz CT molecular complexity index is 375. The van der Waals surface area contributed by atoms with E-state index in [1.165, 1.54) is 44.9 Å². The molecule has 5 heteroatoms. The molecule has 0 aliphatic heterocycles. The highest BCUT2D eigenvalue weighted by atomic mass is 16.6. The third-order valence-corrected chi connectivity index (χ3v) is 5.22. The summed E-state index contributed by atoms with van der Waals surface area (Å²) in [6.07, 6.45) is 8.50. The maximum atomic E-state index is 12.0. The zero-order valence-corrected chi connectivity index (χ0v) is 15.1. The summed E-state index contributed by atoms with van der Waals surface area (Å²) in [4.78, 5) is 12.0. The normalized spacial score (nSPS) is 27.1. The minimum Gasteiger partial charge on any atom is -0.444 e. The number of amides is 1. The van der Waals surface area contributed by atoms with Crippen molar-refractivity contribution in [3.63, 3.8) is 0 Å². The van der Waals surface area contributed by atoms with Gasteiger partial charge in [-0.1, -0.05) is 19.3 Å². The van der Waals surface area contributed by atoms with Crippen molar-refractivity contribution < 1.29 is 9.53 Å². The van der Waals surface area contributed by atoms with Gasteiger partial charge < -0.3 is 21.1 Å². The lowest BCUT2D eigenvalue weighted by Gasteiger charge is -2.31. The van der Waals surface area contributed by atoms with Gasteiger partial charge in [-0.25, -0.2) is 4.79 Å². The summed E-state index contributed by atoms with van der Waals surface area (Å²) < 4.78 is 5.37. The van der Waals surface area contributed by atoms with Gasteiger partial charge in [-0.05, 0) is 64.8 Å². The van der Waals surface area contributed by atoms with Crippen LogP contribution in [0.5, 0.6) is 0 Å². The first-order valence-electron chi connectivity index (χ1n) is 9.32. The zero-order valence-electron chi connectivity index (χ0n) is 15.1. The molecular formula is C18H35N3O2. The predicted octanol–water partition coefficient (Wildman–Crippen LogP) is 2.79. The van der Waals surface area contributed by atoms with Gasteiger partial charge in [0.2, 0.25) is 0 Å². The maximum Gasteiger partial charge on any atom is 0.407 e. The number of alkyl carbamates (subject to hydrolysis) is 1. The molecule has 2 aliphatic carbocycles. The fourth-order valence-corrected chi connectivity index (χ4v) is 4.04. The average molecular weight is 325 g/mol. The van der Waals surface area contributed by atoms with Crippen LogP contribution in [0.2, 0.25) is 0 Å². The Morgan fingerprint density at radius 3 is 2.48 bits per heavy atom. The van der Waals surface area contributed by atoms with Crippen LogP contribution in [0.15, 0.2) is 0 Å². The average Bonchev–Trinajstić information content (AvgIpc) is 3.12. The maximum absolute atomic E-state index is 12.0. The van der Waals surface area contributed by atoms with Crippen LogP contribution >= 0.6 is 0 Å². The van der Waals surface area contributed by atoms with Crippen LogP contribution in [0.3, 0.4) is 0 Å². The third kappa shape index (κ3) is 5.96. The van der Waals surface area contributed by atoms with Gasteiger partial charge in [-0.3, -0.25) is 0 Å². The van der Waals surface area contributed by atoms with E-state index in [1.807, 2.05) is 20.8 Å². The second kappa shape index (κ2) is 8.34. The number of nitrogens with one attached hydrogen (secondary N) is 2. The Morgan fingerprint density at radius 2 is 1.87 bits per heavy atom. The summed E-state index contributed by atoms with van der Waals surface area (Å²) >= 11 is 0. The summed E-state index contributed by atoms with van der Waals surface area (Å²) in [6.45, 7) is 7.08. The lowest BCUT2D eigenvalue weighted by Crippen LogP contribution is -2.51. The number of hydrogen-bond donors (Lipinski definition) is 3. The molecule has 5 nitrogen and oxygen atoms in total. The number of hydrogen-bond acceptors (Lipinski definition) is 4. The molecule has 3 unspecified atom stereocenters. The summed E-state index contributed by atoms with van der Waals surface area (Å²) in [5.41, 5.74) is 5.47. The molecular weight excluding hydrogens is 290 g/mol. The molecule has 2 fully saturated rings. The molecule has 2 aliphatic rings. The molecule has 0 heterocycles. The van der Waals surface area contributed by atoms with Crippen molar-refractivity contribution in [2.45, 2.75) is 83.4 Å². The molecule has 0 saturated heterocycles. The molecule has 2 saturated carbocycles. The second-order valence-corrected chi connectivity index (χ2v) is 8.23. The molecule has 4 N–H and O–H groups in total. The van der Waals surface area contributed by atoms with Crippen LogP contribution in [0, 0.1) is 11.8 Å². The van der Waals surface area contributed by atoms with Crippen molar-refractivity contribution in [1.82, 2.24) is 10.6 Å². The van der Waals surface area contributed by atoms with Crippen LogP contribution in [-0.4, -0.2) is 36.9 Å². The minimum atomic E-state index is -0.448. The Morgan fingerprint density at radius 1 is 1.17 bits per heavy atom. The highest BCUT2D eigenvalue weighted by Gasteiger charge is 2.32. The number of rotatable bonds is 6. The van der Waals surface area contributed by atoms with E-state index < -0.39 is 5.60 Å². The fourth-order valence-electron chi connectivity index (χ4n) is 4.04. The van der Waals surface area contributed by atoms with Crippen LogP contribution in [0.1, 0.15) is 65.7 Å². The molecule has 0 spiro atoms. The molecule has 23 heavy (non-hydrogen) atoms. The fraction of sp³-hybridized carbons (Fsp3) is 0.944. The first-order valence-corrected chi connectivity index (χ1v) is 9.32. The van der Waals surface area contributed by atoms with Gasteiger partial charge in [0.1, 0.15) is 5.60 Å². The van der Waals surface area contributed by atoms with Crippen molar-refractivity contribution in [3.8, 4) is 0 Å². The summed E-state index contributed by atoms with van der Waals surface area (Å²) in [6, 6.07) is 0.841. The van der Waals surface area contributed by atoms with Crippen molar-refractivity contribution in [2.24, 2.45) is 17.6 Å². The Hall–Kier alpha value is -0.810. The first kappa shape index (κ1) is 18.5. The molecule has 0 radical (unpaired) electrons. The molecule has 2 rings (SSSR count). The van der Waals surface area contributed by atoms with Crippen LogP contribution < -0.4 is 16.4 Å². The topological polar surface area (TPSA) is 76.4 Å². The van der Waals surface area contributed by atoms with Crippen LogP contribution in [0.4, 0.5) is 4.79 Å². The zero-order chi connectivity index (χ0) is 16.9. The molecule has 0 bridgehead atoms. The van der Waals surface area contributed by atoms with E-state index in [0.717, 1.165) is 6.54 Å². The van der Waals surface area contributed by atoms with Crippen molar-refractivity contribution >= 4 is 6.09 Å². The van der Waals surface area contributed by atoms with Gasteiger partial charge in [0.15, 0.2) is 0 Å².